The molecule has 39 heavy (non-hydrogen) atoms. The third-order valence-corrected chi connectivity index (χ3v) is 8.55. The van der Waals surface area contributed by atoms with Crippen molar-refractivity contribution in [2.24, 2.45) is 0 Å². The zero-order valence-corrected chi connectivity index (χ0v) is 22.0. The van der Waals surface area contributed by atoms with E-state index in [1.54, 1.807) is 49.4 Å². The zero-order chi connectivity index (χ0) is 28.3. The molecule has 0 spiro atoms. The Labute approximate surface area is 225 Å². The Balaban J connectivity index is 1.41. The quantitative estimate of drug-likeness (QED) is 0.308. The van der Waals surface area contributed by atoms with E-state index in [2.05, 4.69) is 5.32 Å². The van der Waals surface area contributed by atoms with Gasteiger partial charge in [-0.25, -0.2) is 12.8 Å². The number of hydrogen-bond donors (Lipinski definition) is 1. The Morgan fingerprint density at radius 1 is 1.00 bits per heavy atom. The highest BCUT2D eigenvalue weighted by Gasteiger charge is 2.57. The molecule has 0 heterocycles. The van der Waals surface area contributed by atoms with E-state index in [1.165, 1.54) is 34.6 Å². The molecule has 3 aromatic carbocycles. The van der Waals surface area contributed by atoms with Crippen molar-refractivity contribution in [3.63, 3.8) is 0 Å². The van der Waals surface area contributed by atoms with Crippen LogP contribution in [0.25, 0.3) is 17.2 Å². The summed E-state index contributed by atoms with van der Waals surface area (Å²) in [6, 6.07) is 17.6. The van der Waals surface area contributed by atoms with Crippen LogP contribution in [0.15, 0.2) is 78.9 Å². The second-order valence-corrected chi connectivity index (χ2v) is 11.3. The summed E-state index contributed by atoms with van der Waals surface area (Å²) in [5.41, 5.74) is 0.805. The Kier molecular flexibility index (Phi) is 8.27. The normalized spacial score (nSPS) is 15.0. The molecule has 10 heteroatoms. The number of sulfonamides is 1. The van der Waals surface area contributed by atoms with E-state index < -0.39 is 33.2 Å². The number of alkyl halides is 3. The molecule has 5 nitrogen and oxygen atoms in total. The number of rotatable bonds is 10. The molecule has 1 N–H and O–H groups in total. The predicted octanol–water partition coefficient (Wildman–Crippen LogP) is 6.03. The molecule has 0 aliphatic heterocycles. The molecule has 3 aromatic rings. The molecule has 0 aromatic heterocycles. The van der Waals surface area contributed by atoms with Crippen molar-refractivity contribution >= 4 is 22.0 Å². The topological polar surface area (TPSA) is 66.5 Å². The van der Waals surface area contributed by atoms with Crippen LogP contribution in [0, 0.1) is 5.82 Å². The highest BCUT2D eigenvalue weighted by atomic mass is 32.2. The summed E-state index contributed by atoms with van der Waals surface area (Å²) in [6.07, 6.45) is -0.541. The van der Waals surface area contributed by atoms with Crippen LogP contribution < -0.4 is 5.32 Å². The third-order valence-electron chi connectivity index (χ3n) is 6.66. The first-order valence-electron chi connectivity index (χ1n) is 12.4. The van der Waals surface area contributed by atoms with Gasteiger partial charge >= 0.3 is 6.18 Å². The summed E-state index contributed by atoms with van der Waals surface area (Å²) >= 11 is 0. The van der Waals surface area contributed by atoms with Crippen LogP contribution in [0.4, 0.5) is 17.6 Å². The molecule has 1 saturated carbocycles. The maximum Gasteiger partial charge on any atom is 0.416 e. The molecule has 0 bridgehead atoms. The summed E-state index contributed by atoms with van der Waals surface area (Å²) in [5.74, 6) is -1.08. The number of carbonyl (C=O) groups is 1. The molecule has 1 amide bonds. The summed E-state index contributed by atoms with van der Waals surface area (Å²) < 4.78 is 79.2. The standard InChI is InChI=1S/C29H28F4N2O3S/c1-2-35(39(37,38)18-4-6-21-8-14-26(30)15-9-21)28(16-17-28)27(36)34-20-22-5-3-7-24(19-22)23-10-12-25(13-11-23)29(31,32)33/h3-15,19H,2,16-18,20H2,1H3,(H,34,36). The van der Waals surface area contributed by atoms with Crippen molar-refractivity contribution in [2.45, 2.75) is 38.0 Å². The van der Waals surface area contributed by atoms with E-state index >= 15 is 0 Å². The van der Waals surface area contributed by atoms with Crippen LogP contribution in [-0.2, 0) is 27.5 Å². The first-order valence-corrected chi connectivity index (χ1v) is 14.0. The van der Waals surface area contributed by atoms with E-state index in [0.717, 1.165) is 17.7 Å². The molecule has 206 valence electrons. The van der Waals surface area contributed by atoms with Gasteiger partial charge in [-0.05, 0) is 65.4 Å². The van der Waals surface area contributed by atoms with Crippen LogP contribution in [0.3, 0.4) is 0 Å². The van der Waals surface area contributed by atoms with Crippen molar-refractivity contribution in [1.29, 1.82) is 0 Å². The number of amides is 1. The average Bonchev–Trinajstić information content (AvgIpc) is 3.70. The smallest absolute Gasteiger partial charge is 0.350 e. The van der Waals surface area contributed by atoms with Crippen molar-refractivity contribution < 1.29 is 30.8 Å². The van der Waals surface area contributed by atoms with Crippen LogP contribution >= 0.6 is 0 Å². The number of carbonyl (C=O) groups excluding carboxylic acids is 1. The molecular weight excluding hydrogens is 532 g/mol. The maximum absolute atomic E-state index is 13.2. The molecule has 1 fully saturated rings. The Hall–Kier alpha value is -3.50. The molecule has 0 radical (unpaired) electrons. The van der Waals surface area contributed by atoms with Crippen LogP contribution in [0.5, 0.6) is 0 Å². The Morgan fingerprint density at radius 3 is 2.26 bits per heavy atom. The Bertz CT molecular complexity index is 1450. The van der Waals surface area contributed by atoms with Gasteiger partial charge in [0.05, 0.1) is 11.3 Å². The van der Waals surface area contributed by atoms with Crippen molar-refractivity contribution in [3.05, 3.63) is 101 Å². The summed E-state index contributed by atoms with van der Waals surface area (Å²) in [6.45, 7) is 1.95. The monoisotopic (exact) mass is 560 g/mol. The lowest BCUT2D eigenvalue weighted by atomic mass is 10.0. The van der Waals surface area contributed by atoms with Gasteiger partial charge in [0.15, 0.2) is 0 Å². The molecule has 0 saturated heterocycles. The van der Waals surface area contributed by atoms with Gasteiger partial charge in [0, 0.05) is 13.1 Å². The summed E-state index contributed by atoms with van der Waals surface area (Å²) in [7, 11) is -3.80. The minimum atomic E-state index is -4.41. The van der Waals surface area contributed by atoms with Gasteiger partial charge in [-0.15, -0.1) is 0 Å². The zero-order valence-electron chi connectivity index (χ0n) is 21.2. The highest BCUT2D eigenvalue weighted by Crippen LogP contribution is 2.43. The van der Waals surface area contributed by atoms with E-state index in [9.17, 15) is 30.8 Å². The fourth-order valence-corrected chi connectivity index (χ4v) is 6.21. The molecule has 4 rings (SSSR count). The largest absolute Gasteiger partial charge is 0.416 e. The first-order chi connectivity index (χ1) is 18.4. The van der Waals surface area contributed by atoms with Crippen molar-refractivity contribution in [1.82, 2.24) is 9.62 Å². The number of hydrogen-bond acceptors (Lipinski definition) is 3. The lowest BCUT2D eigenvalue weighted by Crippen LogP contribution is -2.52. The van der Waals surface area contributed by atoms with Gasteiger partial charge in [-0.1, -0.05) is 61.5 Å². The molecule has 0 unspecified atom stereocenters. The van der Waals surface area contributed by atoms with E-state index in [4.69, 9.17) is 0 Å². The maximum atomic E-state index is 13.2. The number of nitrogens with zero attached hydrogens (tertiary/aromatic N) is 1. The number of nitrogens with one attached hydrogen (secondary N) is 1. The van der Waals surface area contributed by atoms with E-state index in [0.29, 0.717) is 29.5 Å². The molecule has 1 aliphatic rings. The average molecular weight is 561 g/mol. The minimum absolute atomic E-state index is 0.129. The van der Waals surface area contributed by atoms with Crippen molar-refractivity contribution in [3.8, 4) is 11.1 Å². The Morgan fingerprint density at radius 2 is 1.67 bits per heavy atom. The lowest BCUT2D eigenvalue weighted by Gasteiger charge is -2.28. The molecular formula is C29H28F4N2O3S. The number of halogens is 4. The second-order valence-electron chi connectivity index (χ2n) is 9.39. The summed E-state index contributed by atoms with van der Waals surface area (Å²) in [5, 5.41) is 2.84. The third kappa shape index (κ3) is 6.75. The van der Waals surface area contributed by atoms with Gasteiger partial charge in [0.25, 0.3) is 0 Å². The fraction of sp³-hybridized carbons (Fsp3) is 0.276. The van der Waals surface area contributed by atoms with Gasteiger partial charge in [0.2, 0.25) is 15.9 Å². The van der Waals surface area contributed by atoms with Gasteiger partial charge in [-0.3, -0.25) is 4.79 Å². The second kappa shape index (κ2) is 11.3. The number of likely N-dealkylation sites (N-methyl/N-ethyl adjacent to an activating group) is 1. The number of benzene rings is 3. The fourth-order valence-electron chi connectivity index (χ4n) is 4.50. The van der Waals surface area contributed by atoms with Gasteiger partial charge < -0.3 is 5.32 Å². The van der Waals surface area contributed by atoms with E-state index in [1.807, 2.05) is 0 Å². The lowest BCUT2D eigenvalue weighted by molar-refractivity contribution is -0.137. The van der Waals surface area contributed by atoms with Crippen molar-refractivity contribution in [2.75, 3.05) is 12.3 Å². The van der Waals surface area contributed by atoms with Crippen LogP contribution in [-0.4, -0.2) is 36.5 Å². The SMILES string of the molecule is CCN(C1(C(=O)NCc2cccc(-c3ccc(C(F)(F)F)cc3)c2)CC1)S(=O)(=O)CC=Cc1ccc(F)cc1. The first kappa shape index (κ1) is 28.5. The van der Waals surface area contributed by atoms with E-state index in [-0.39, 0.29) is 24.7 Å². The minimum Gasteiger partial charge on any atom is -0.350 e. The highest BCUT2D eigenvalue weighted by molar-refractivity contribution is 7.89. The van der Waals surface area contributed by atoms with Gasteiger partial charge in [-0.2, -0.15) is 17.5 Å². The summed E-state index contributed by atoms with van der Waals surface area (Å²) in [4.78, 5) is 13.2. The van der Waals surface area contributed by atoms with Crippen LogP contribution in [0.1, 0.15) is 36.5 Å². The molecule has 0 atom stereocenters. The van der Waals surface area contributed by atoms with Crippen LogP contribution in [0.2, 0.25) is 0 Å². The molecule has 1 aliphatic carbocycles. The predicted molar refractivity (Wildman–Crippen MR) is 142 cm³/mol. The van der Waals surface area contributed by atoms with Gasteiger partial charge in [0.1, 0.15) is 11.4 Å².